The van der Waals surface area contributed by atoms with E-state index in [0.717, 1.165) is 9.75 Å². The highest BCUT2D eigenvalue weighted by molar-refractivity contribution is 7.15. The van der Waals surface area contributed by atoms with Gasteiger partial charge in [-0.25, -0.2) is 0 Å². The summed E-state index contributed by atoms with van der Waals surface area (Å²) >= 11 is 1.49. The van der Waals surface area contributed by atoms with Gasteiger partial charge in [-0.2, -0.15) is 4.98 Å². The number of hydrogen-bond acceptors (Lipinski definition) is 6. The van der Waals surface area contributed by atoms with Crippen molar-refractivity contribution in [2.45, 2.75) is 32.9 Å². The van der Waals surface area contributed by atoms with Crippen molar-refractivity contribution in [1.29, 1.82) is 0 Å². The molecule has 0 fully saturated rings. The molecule has 0 aliphatic heterocycles. The fraction of sp³-hybridized carbons (Fsp3) is 0.263. The van der Waals surface area contributed by atoms with Crippen molar-refractivity contribution in [3.05, 3.63) is 58.8 Å². The number of nitrogens with zero attached hydrogens (tertiary/aromatic N) is 2. The maximum atomic E-state index is 12.2. The Balaban J connectivity index is 1.63. The van der Waals surface area contributed by atoms with Gasteiger partial charge in [0.1, 0.15) is 6.04 Å². The number of aromatic nitrogens is 2. The van der Waals surface area contributed by atoms with Gasteiger partial charge in [0.15, 0.2) is 0 Å². The first kappa shape index (κ1) is 18.8. The van der Waals surface area contributed by atoms with Crippen LogP contribution in [0.2, 0.25) is 0 Å². The Morgan fingerprint density at radius 2 is 1.96 bits per heavy atom. The molecule has 1 aromatic carbocycles. The molecule has 0 aliphatic rings. The van der Waals surface area contributed by atoms with Crippen LogP contribution in [0.3, 0.4) is 0 Å². The van der Waals surface area contributed by atoms with Gasteiger partial charge in [-0.1, -0.05) is 30.3 Å². The Morgan fingerprint density at radius 3 is 2.70 bits per heavy atom. The minimum atomic E-state index is -0.415. The Labute approximate surface area is 160 Å². The molecular formula is C19H20N4O3S. The highest BCUT2D eigenvalue weighted by Gasteiger charge is 2.19. The van der Waals surface area contributed by atoms with Crippen molar-refractivity contribution in [2.75, 3.05) is 0 Å². The number of hydrogen-bond donors (Lipinski definition) is 2. The van der Waals surface area contributed by atoms with Crippen molar-refractivity contribution in [2.24, 2.45) is 0 Å². The molecule has 1 atom stereocenters. The monoisotopic (exact) mass is 384 g/mol. The average Bonchev–Trinajstić information content (AvgIpc) is 3.36. The molecule has 0 unspecified atom stereocenters. The molecule has 2 N–H and O–H groups in total. The Hall–Kier alpha value is -3.00. The summed E-state index contributed by atoms with van der Waals surface area (Å²) in [5.74, 6) is 0.607. The van der Waals surface area contributed by atoms with Gasteiger partial charge in [-0.3, -0.25) is 9.59 Å². The molecule has 2 amide bonds. The summed E-state index contributed by atoms with van der Waals surface area (Å²) < 4.78 is 5.30. The topological polar surface area (TPSA) is 97.1 Å². The van der Waals surface area contributed by atoms with Gasteiger partial charge in [0.2, 0.25) is 17.6 Å². The molecule has 3 rings (SSSR count). The summed E-state index contributed by atoms with van der Waals surface area (Å²) in [5.41, 5.74) is 0.570. The molecule has 0 radical (unpaired) electrons. The van der Waals surface area contributed by atoms with Gasteiger partial charge in [0, 0.05) is 16.9 Å². The minimum absolute atomic E-state index is 0.00906. The summed E-state index contributed by atoms with van der Waals surface area (Å²) in [6.07, 6.45) is 0.457. The van der Waals surface area contributed by atoms with E-state index in [4.69, 9.17) is 4.52 Å². The van der Waals surface area contributed by atoms with Crippen LogP contribution < -0.4 is 10.6 Å². The molecule has 2 aromatic heterocycles. The lowest BCUT2D eigenvalue weighted by molar-refractivity contribution is -0.120. The summed E-state index contributed by atoms with van der Waals surface area (Å²) in [7, 11) is 0. The van der Waals surface area contributed by atoms with Crippen molar-refractivity contribution < 1.29 is 14.1 Å². The van der Waals surface area contributed by atoms with Crippen molar-refractivity contribution in [3.8, 4) is 10.7 Å². The number of thiophene rings is 1. The second-order valence-corrected chi connectivity index (χ2v) is 7.08. The van der Waals surface area contributed by atoms with E-state index in [0.29, 0.717) is 30.2 Å². The molecule has 7 nitrogen and oxygen atoms in total. The number of carbonyl (C=O) groups excluding carboxylic acids is 2. The summed E-state index contributed by atoms with van der Waals surface area (Å²) in [5, 5.41) is 9.67. The zero-order chi connectivity index (χ0) is 19.2. The Bertz CT molecular complexity index is 920. The Kier molecular flexibility index (Phi) is 5.97. The van der Waals surface area contributed by atoms with Crippen LogP contribution in [0.4, 0.5) is 0 Å². The third-order valence-corrected chi connectivity index (χ3v) is 4.94. The summed E-state index contributed by atoms with van der Waals surface area (Å²) in [6, 6.07) is 12.4. The van der Waals surface area contributed by atoms with Gasteiger partial charge in [0.05, 0.1) is 11.4 Å². The van der Waals surface area contributed by atoms with Gasteiger partial charge in [-0.05, 0) is 31.2 Å². The quantitative estimate of drug-likeness (QED) is 0.651. The van der Waals surface area contributed by atoms with E-state index in [1.807, 2.05) is 37.3 Å². The number of nitrogens with one attached hydrogen (secondary N) is 2. The number of amides is 2. The van der Waals surface area contributed by atoms with E-state index < -0.39 is 6.04 Å². The van der Waals surface area contributed by atoms with Crippen LogP contribution in [0.1, 0.15) is 47.4 Å². The third kappa shape index (κ3) is 4.79. The molecule has 0 saturated carbocycles. The first-order valence-electron chi connectivity index (χ1n) is 8.62. The van der Waals surface area contributed by atoms with Gasteiger partial charge in [-0.15, -0.1) is 11.3 Å². The van der Waals surface area contributed by atoms with Crippen LogP contribution >= 0.6 is 11.3 Å². The van der Waals surface area contributed by atoms with Crippen LogP contribution in [0, 0.1) is 0 Å². The summed E-state index contributed by atoms with van der Waals surface area (Å²) in [4.78, 5) is 29.8. The van der Waals surface area contributed by atoms with E-state index in [-0.39, 0.29) is 11.8 Å². The molecule has 3 aromatic rings. The van der Waals surface area contributed by atoms with Crippen molar-refractivity contribution in [1.82, 2.24) is 20.8 Å². The van der Waals surface area contributed by atoms with Crippen molar-refractivity contribution in [3.63, 3.8) is 0 Å². The normalized spacial score (nSPS) is 11.8. The molecule has 2 heterocycles. The molecule has 8 heteroatoms. The van der Waals surface area contributed by atoms with E-state index >= 15 is 0 Å². The molecule has 0 aliphatic carbocycles. The van der Waals surface area contributed by atoms with E-state index in [1.165, 1.54) is 11.3 Å². The predicted molar refractivity (Wildman–Crippen MR) is 102 cm³/mol. The lowest BCUT2D eigenvalue weighted by atomic mass is 10.2. The molecular weight excluding hydrogens is 364 g/mol. The van der Waals surface area contributed by atoms with Gasteiger partial charge >= 0.3 is 0 Å². The maximum absolute atomic E-state index is 12.2. The van der Waals surface area contributed by atoms with Crippen LogP contribution in [0.5, 0.6) is 0 Å². The SMILES string of the molecule is CCC(=O)NCc1ccc(-c2noc([C@H](C)NC(=O)c3ccccc3)n2)s1. The Morgan fingerprint density at radius 1 is 1.19 bits per heavy atom. The zero-order valence-electron chi connectivity index (χ0n) is 15.1. The predicted octanol–water partition coefficient (Wildman–Crippen LogP) is 3.32. The molecule has 0 saturated heterocycles. The lowest BCUT2D eigenvalue weighted by Crippen LogP contribution is -2.26. The fourth-order valence-corrected chi connectivity index (χ4v) is 3.22. The second kappa shape index (κ2) is 8.59. The lowest BCUT2D eigenvalue weighted by Gasteiger charge is -2.09. The molecule has 0 bridgehead atoms. The van der Waals surface area contributed by atoms with Crippen LogP contribution in [-0.4, -0.2) is 22.0 Å². The largest absolute Gasteiger partial charge is 0.351 e. The average molecular weight is 384 g/mol. The van der Waals surface area contributed by atoms with Crippen LogP contribution in [-0.2, 0) is 11.3 Å². The standard InChI is InChI=1S/C19H20N4O3S/c1-3-16(24)20-11-14-9-10-15(27-14)17-22-19(26-23-17)12(2)21-18(25)13-7-5-4-6-8-13/h4-10,12H,3,11H2,1-2H3,(H,20,24)(H,21,25)/t12-/m0/s1. The number of rotatable bonds is 7. The van der Waals surface area contributed by atoms with E-state index in [9.17, 15) is 9.59 Å². The number of benzene rings is 1. The first-order chi connectivity index (χ1) is 13.1. The molecule has 27 heavy (non-hydrogen) atoms. The fourth-order valence-electron chi connectivity index (χ4n) is 2.35. The minimum Gasteiger partial charge on any atom is -0.351 e. The zero-order valence-corrected chi connectivity index (χ0v) is 15.9. The number of carbonyl (C=O) groups is 2. The van der Waals surface area contributed by atoms with Crippen LogP contribution in [0.25, 0.3) is 10.7 Å². The van der Waals surface area contributed by atoms with Crippen LogP contribution in [0.15, 0.2) is 47.0 Å². The smallest absolute Gasteiger partial charge is 0.251 e. The highest BCUT2D eigenvalue weighted by atomic mass is 32.1. The highest BCUT2D eigenvalue weighted by Crippen LogP contribution is 2.26. The molecule has 0 spiro atoms. The van der Waals surface area contributed by atoms with Gasteiger partial charge in [0.25, 0.3) is 5.91 Å². The van der Waals surface area contributed by atoms with E-state index in [1.54, 1.807) is 19.1 Å². The van der Waals surface area contributed by atoms with Gasteiger partial charge < -0.3 is 15.2 Å². The first-order valence-corrected chi connectivity index (χ1v) is 9.43. The third-order valence-electron chi connectivity index (χ3n) is 3.86. The molecule has 140 valence electrons. The maximum Gasteiger partial charge on any atom is 0.251 e. The second-order valence-electron chi connectivity index (χ2n) is 5.91. The van der Waals surface area contributed by atoms with E-state index in [2.05, 4.69) is 20.8 Å². The van der Waals surface area contributed by atoms with Crippen molar-refractivity contribution >= 4 is 23.2 Å². The summed E-state index contributed by atoms with van der Waals surface area (Å²) in [6.45, 7) is 4.08.